The lowest BCUT2D eigenvalue weighted by Gasteiger charge is -1.59. The number of halogens is 2. The summed E-state index contributed by atoms with van der Waals surface area (Å²) >= 11 is 8.53. The summed E-state index contributed by atoms with van der Waals surface area (Å²) in [4.78, 5) is 9.00. The Morgan fingerprint density at radius 3 is 1.71 bits per heavy atom. The molecule has 0 heterocycles. The fourth-order valence-electron chi connectivity index (χ4n) is 0. The van der Waals surface area contributed by atoms with Crippen molar-refractivity contribution in [3.63, 3.8) is 0 Å². The van der Waals surface area contributed by atoms with Crippen molar-refractivity contribution >= 4 is 29.7 Å². The van der Waals surface area contributed by atoms with Crippen molar-refractivity contribution in [2.24, 2.45) is 0 Å². The first-order valence-corrected chi connectivity index (χ1v) is 1.85. The molecule has 7 heavy (non-hydrogen) atoms. The minimum Gasteiger partial charge on any atom is -0.481 e. The summed E-state index contributed by atoms with van der Waals surface area (Å²) in [6.45, 7) is 1.08. The van der Waals surface area contributed by atoms with Crippen LogP contribution in [0.2, 0.25) is 0 Å². The molecule has 44 valence electrons. The van der Waals surface area contributed by atoms with Crippen LogP contribution in [-0.4, -0.2) is 11.1 Å². The number of carbonyl (C=O) groups is 1. The van der Waals surface area contributed by atoms with Crippen molar-refractivity contribution in [3.8, 4) is 0 Å². The molecule has 0 atom stereocenters. The maximum atomic E-state index is 9.00. The molecular formula is C2H4Cl2O3. The Morgan fingerprint density at radius 2 is 1.71 bits per heavy atom. The van der Waals surface area contributed by atoms with Crippen molar-refractivity contribution in [3.05, 3.63) is 0 Å². The molecular weight excluding hydrogens is 143 g/mol. The predicted octanol–water partition coefficient (Wildman–Crippen LogP) is 1.40. The van der Waals surface area contributed by atoms with Crippen LogP contribution in [0.1, 0.15) is 6.92 Å². The molecule has 0 bridgehead atoms. The van der Waals surface area contributed by atoms with Crippen molar-refractivity contribution in [2.45, 2.75) is 6.92 Å². The zero-order valence-corrected chi connectivity index (χ0v) is 5.03. The molecule has 5 heteroatoms. The molecule has 0 amide bonds. The Labute approximate surface area is 51.1 Å². The summed E-state index contributed by atoms with van der Waals surface area (Å²) in [6.07, 6.45) is 0. The molecule has 1 N–H and O–H groups in total. The van der Waals surface area contributed by atoms with Gasteiger partial charge in [-0.2, -0.15) is 3.84 Å². The second kappa shape index (κ2) is 9.38. The van der Waals surface area contributed by atoms with Crippen molar-refractivity contribution in [1.29, 1.82) is 0 Å². The molecule has 0 aliphatic heterocycles. The number of hydrogen-bond donors (Lipinski definition) is 1. The van der Waals surface area contributed by atoms with Crippen LogP contribution in [0.3, 0.4) is 0 Å². The van der Waals surface area contributed by atoms with Crippen molar-refractivity contribution in [1.82, 2.24) is 0 Å². The van der Waals surface area contributed by atoms with E-state index in [9.17, 15) is 0 Å². The summed E-state index contributed by atoms with van der Waals surface area (Å²) in [5.41, 5.74) is 0. The van der Waals surface area contributed by atoms with E-state index < -0.39 is 5.97 Å². The Balaban J connectivity index is 0. The van der Waals surface area contributed by atoms with Crippen LogP contribution >= 0.6 is 23.7 Å². The molecule has 0 radical (unpaired) electrons. The molecule has 0 saturated heterocycles. The lowest BCUT2D eigenvalue weighted by atomic mass is 10.9. The number of aliphatic carboxylic acids is 1. The monoisotopic (exact) mass is 146 g/mol. The van der Waals surface area contributed by atoms with Gasteiger partial charge in [0.15, 0.2) is 0 Å². The van der Waals surface area contributed by atoms with Crippen LogP contribution in [-0.2, 0) is 8.64 Å². The molecule has 0 saturated carbocycles. The third-order valence-electron chi connectivity index (χ3n) is 0. The van der Waals surface area contributed by atoms with E-state index in [2.05, 4.69) is 27.6 Å². The van der Waals surface area contributed by atoms with Gasteiger partial charge in [-0.1, -0.05) is 0 Å². The number of rotatable bonds is 0. The van der Waals surface area contributed by atoms with Gasteiger partial charge in [-0.15, -0.1) is 0 Å². The van der Waals surface area contributed by atoms with Gasteiger partial charge in [-0.25, -0.2) is 0 Å². The summed E-state index contributed by atoms with van der Waals surface area (Å²) < 4.78 is 3.19. The van der Waals surface area contributed by atoms with Gasteiger partial charge < -0.3 is 5.11 Å². The molecule has 0 fully saturated rings. The van der Waals surface area contributed by atoms with Gasteiger partial charge >= 0.3 is 0 Å². The maximum Gasteiger partial charge on any atom is 0.300 e. The average Bonchev–Trinajstić information content (AvgIpc) is 1.33. The molecule has 0 rings (SSSR count). The highest BCUT2D eigenvalue weighted by atomic mass is 35.6. The van der Waals surface area contributed by atoms with Gasteiger partial charge in [0.05, 0.1) is 23.7 Å². The van der Waals surface area contributed by atoms with Gasteiger partial charge in [0, 0.05) is 6.92 Å². The molecule has 0 aromatic rings. The molecule has 0 aromatic carbocycles. The van der Waals surface area contributed by atoms with E-state index in [1.807, 2.05) is 0 Å². The van der Waals surface area contributed by atoms with Crippen LogP contribution < -0.4 is 0 Å². The third-order valence-corrected chi connectivity index (χ3v) is 0. The van der Waals surface area contributed by atoms with Crippen LogP contribution in [0, 0.1) is 0 Å². The summed E-state index contributed by atoms with van der Waals surface area (Å²) in [5.74, 6) is -0.833. The van der Waals surface area contributed by atoms with E-state index in [-0.39, 0.29) is 0 Å². The minimum absolute atomic E-state index is 0.833. The highest BCUT2D eigenvalue weighted by molar-refractivity contribution is 6.24. The van der Waals surface area contributed by atoms with E-state index in [0.29, 0.717) is 0 Å². The van der Waals surface area contributed by atoms with E-state index in [0.717, 1.165) is 6.92 Å². The normalized spacial score (nSPS) is 6.14. The van der Waals surface area contributed by atoms with Crippen LogP contribution in [0.4, 0.5) is 0 Å². The highest BCUT2D eigenvalue weighted by Crippen LogP contribution is 1.78. The Hall–Kier alpha value is 0.01000. The molecule has 0 unspecified atom stereocenters. The quantitative estimate of drug-likeness (QED) is 0.563. The second-order valence-corrected chi connectivity index (χ2v) is 1.04. The van der Waals surface area contributed by atoms with Gasteiger partial charge in [-0.3, -0.25) is 4.79 Å². The Morgan fingerprint density at radius 1 is 1.71 bits per heavy atom. The van der Waals surface area contributed by atoms with Crippen molar-refractivity contribution in [2.75, 3.05) is 0 Å². The SMILES string of the molecule is CC(=O)O.ClOCl. The van der Waals surface area contributed by atoms with E-state index in [1.165, 1.54) is 0 Å². The first-order valence-electron chi connectivity index (χ1n) is 1.24. The van der Waals surface area contributed by atoms with Gasteiger partial charge in [0.1, 0.15) is 0 Å². The second-order valence-electron chi connectivity index (χ2n) is 0.577. The lowest BCUT2D eigenvalue weighted by molar-refractivity contribution is -0.134. The Bertz CT molecular complexity index is 42.2. The molecule has 3 nitrogen and oxygen atoms in total. The van der Waals surface area contributed by atoms with Crippen molar-refractivity contribution < 1.29 is 13.7 Å². The van der Waals surface area contributed by atoms with Crippen LogP contribution in [0.25, 0.3) is 0 Å². The Kier molecular flexibility index (Phi) is 13.5. The van der Waals surface area contributed by atoms with Gasteiger partial charge in [0.25, 0.3) is 5.97 Å². The largest absolute Gasteiger partial charge is 0.481 e. The van der Waals surface area contributed by atoms with Crippen LogP contribution in [0.15, 0.2) is 0 Å². The summed E-state index contributed by atoms with van der Waals surface area (Å²) in [7, 11) is 0. The topological polar surface area (TPSA) is 46.5 Å². The fourth-order valence-corrected chi connectivity index (χ4v) is 0. The first-order chi connectivity index (χ1) is 3.15. The lowest BCUT2D eigenvalue weighted by Crippen LogP contribution is -1.78. The summed E-state index contributed by atoms with van der Waals surface area (Å²) in [6, 6.07) is 0. The number of carboxylic acid groups (broad SMARTS) is 1. The molecule has 0 aromatic heterocycles. The minimum atomic E-state index is -0.833. The molecule has 0 spiro atoms. The van der Waals surface area contributed by atoms with Crippen LogP contribution in [0.5, 0.6) is 0 Å². The van der Waals surface area contributed by atoms with E-state index in [4.69, 9.17) is 9.90 Å². The molecule has 0 aliphatic rings. The number of carboxylic acids is 1. The third kappa shape index (κ3) is 966000. The number of hydrogen-bond acceptors (Lipinski definition) is 2. The predicted molar refractivity (Wildman–Crippen MR) is 26.1 cm³/mol. The standard InChI is InChI=1S/C2H4O2.Cl2O/c1-2(3)4;1-3-2/h1H3,(H,3,4);. The zero-order chi connectivity index (χ0) is 6.28. The van der Waals surface area contributed by atoms with Gasteiger partial charge in [0.2, 0.25) is 0 Å². The smallest absolute Gasteiger partial charge is 0.300 e. The fraction of sp³-hybridized carbons (Fsp3) is 0.500. The van der Waals surface area contributed by atoms with E-state index >= 15 is 0 Å². The average molecular weight is 147 g/mol. The molecule has 0 aliphatic carbocycles. The highest BCUT2D eigenvalue weighted by Gasteiger charge is 1.65. The van der Waals surface area contributed by atoms with E-state index in [1.54, 1.807) is 0 Å². The summed E-state index contributed by atoms with van der Waals surface area (Å²) in [5, 5.41) is 7.42. The first kappa shape index (κ1) is 10.1. The zero-order valence-electron chi connectivity index (χ0n) is 3.52. The maximum absolute atomic E-state index is 9.00. The van der Waals surface area contributed by atoms with Gasteiger partial charge in [-0.05, 0) is 0 Å².